The zero-order valence-electron chi connectivity index (χ0n) is 10.5. The number of nitrogens with one attached hydrogen (secondary N) is 1. The fourth-order valence-corrected chi connectivity index (χ4v) is 1.46. The van der Waals surface area contributed by atoms with Gasteiger partial charge in [-0.25, -0.2) is 4.79 Å². The molecular formula is C10H15NO9. The number of rotatable bonds is 10. The van der Waals surface area contributed by atoms with Gasteiger partial charge in [-0.05, 0) is 6.92 Å². The molecule has 20 heavy (non-hydrogen) atoms. The molecule has 2 unspecified atom stereocenters. The Morgan fingerprint density at radius 3 is 1.95 bits per heavy atom. The zero-order valence-corrected chi connectivity index (χ0v) is 10.5. The van der Waals surface area contributed by atoms with Gasteiger partial charge in [0.2, 0.25) is 5.72 Å². The zero-order chi connectivity index (χ0) is 15.9. The summed E-state index contributed by atoms with van der Waals surface area (Å²) in [5.41, 5.74) is -2.51. The van der Waals surface area contributed by atoms with Crippen LogP contribution in [0, 0.1) is 0 Å². The highest BCUT2D eigenvalue weighted by atomic mass is 16.5. The number of carboxylic acid groups (broad SMARTS) is 4. The summed E-state index contributed by atoms with van der Waals surface area (Å²) in [5, 5.41) is 37.2. The lowest BCUT2D eigenvalue weighted by Gasteiger charge is -2.31. The monoisotopic (exact) mass is 293 g/mol. The molecule has 0 saturated carbocycles. The molecule has 0 bridgehead atoms. The van der Waals surface area contributed by atoms with Crippen LogP contribution in [0.3, 0.4) is 0 Å². The van der Waals surface area contributed by atoms with Crippen LogP contribution in [0.1, 0.15) is 19.8 Å². The highest BCUT2D eigenvalue weighted by Crippen LogP contribution is 2.16. The van der Waals surface area contributed by atoms with Crippen LogP contribution in [0.15, 0.2) is 0 Å². The van der Waals surface area contributed by atoms with Crippen molar-refractivity contribution in [2.75, 3.05) is 6.61 Å². The number of hydrogen-bond acceptors (Lipinski definition) is 6. The molecule has 0 aromatic rings. The summed E-state index contributed by atoms with van der Waals surface area (Å²) in [6.07, 6.45) is -2.00. The van der Waals surface area contributed by atoms with E-state index in [2.05, 4.69) is 0 Å². The van der Waals surface area contributed by atoms with E-state index in [1.165, 1.54) is 6.92 Å². The number of aliphatic carboxylic acids is 4. The Labute approximate surface area is 113 Å². The third-order valence-electron chi connectivity index (χ3n) is 2.22. The Kier molecular flexibility index (Phi) is 6.59. The highest BCUT2D eigenvalue weighted by Gasteiger charge is 2.45. The SMILES string of the molecule is CCOC(CC(=O)O)(NC(CC(=O)O)C(=O)O)C(=O)O. The fourth-order valence-electron chi connectivity index (χ4n) is 1.46. The summed E-state index contributed by atoms with van der Waals surface area (Å²) in [7, 11) is 0. The van der Waals surface area contributed by atoms with Gasteiger partial charge in [-0.2, -0.15) is 0 Å². The molecule has 5 N–H and O–H groups in total. The van der Waals surface area contributed by atoms with Gasteiger partial charge in [0.25, 0.3) is 0 Å². The van der Waals surface area contributed by atoms with Crippen LogP contribution >= 0.6 is 0 Å². The second kappa shape index (κ2) is 7.40. The quantitative estimate of drug-likeness (QED) is 0.308. The molecule has 10 nitrogen and oxygen atoms in total. The lowest BCUT2D eigenvalue weighted by molar-refractivity contribution is -0.181. The van der Waals surface area contributed by atoms with Gasteiger partial charge in [-0.1, -0.05) is 0 Å². The van der Waals surface area contributed by atoms with Crippen LogP contribution in [0.4, 0.5) is 0 Å². The topological polar surface area (TPSA) is 170 Å². The Balaban J connectivity index is 5.37. The van der Waals surface area contributed by atoms with Crippen LogP contribution in [-0.2, 0) is 23.9 Å². The first-order valence-corrected chi connectivity index (χ1v) is 5.46. The van der Waals surface area contributed by atoms with Crippen LogP contribution < -0.4 is 5.32 Å². The summed E-state index contributed by atoms with van der Waals surface area (Å²) >= 11 is 0. The van der Waals surface area contributed by atoms with Crippen molar-refractivity contribution in [1.82, 2.24) is 5.32 Å². The van der Waals surface area contributed by atoms with Gasteiger partial charge in [0, 0.05) is 6.61 Å². The van der Waals surface area contributed by atoms with E-state index in [0.717, 1.165) is 0 Å². The van der Waals surface area contributed by atoms with E-state index in [0.29, 0.717) is 0 Å². The molecule has 0 radical (unpaired) electrons. The molecule has 0 amide bonds. The van der Waals surface area contributed by atoms with E-state index < -0.39 is 48.5 Å². The smallest absolute Gasteiger partial charge is 0.352 e. The van der Waals surface area contributed by atoms with Crippen LogP contribution in [-0.4, -0.2) is 62.7 Å². The van der Waals surface area contributed by atoms with E-state index in [4.69, 9.17) is 25.2 Å². The van der Waals surface area contributed by atoms with Crippen molar-refractivity contribution in [2.24, 2.45) is 0 Å². The molecule has 0 saturated heterocycles. The van der Waals surface area contributed by atoms with Crippen molar-refractivity contribution in [1.29, 1.82) is 0 Å². The van der Waals surface area contributed by atoms with E-state index >= 15 is 0 Å². The van der Waals surface area contributed by atoms with Crippen LogP contribution in [0.5, 0.6) is 0 Å². The number of hydrogen-bond donors (Lipinski definition) is 5. The summed E-state index contributed by atoms with van der Waals surface area (Å²) < 4.78 is 4.82. The maximum atomic E-state index is 11.2. The van der Waals surface area contributed by atoms with E-state index in [-0.39, 0.29) is 6.61 Å². The molecule has 10 heteroatoms. The minimum Gasteiger partial charge on any atom is -0.481 e. The molecule has 0 heterocycles. The standard InChI is InChI=1S/C10H15NO9/c1-2-20-10(9(18)19,4-7(14)15)11-5(8(16)17)3-6(12)13/h5,11H,2-4H2,1H3,(H,12,13)(H,14,15)(H,16,17)(H,18,19). The Morgan fingerprint density at radius 1 is 1.10 bits per heavy atom. The van der Waals surface area contributed by atoms with Gasteiger partial charge < -0.3 is 25.2 Å². The van der Waals surface area contributed by atoms with Gasteiger partial charge in [0.05, 0.1) is 12.8 Å². The number of carboxylic acids is 4. The largest absolute Gasteiger partial charge is 0.481 e. The molecule has 0 fully saturated rings. The van der Waals surface area contributed by atoms with E-state index in [9.17, 15) is 19.2 Å². The predicted molar refractivity (Wildman–Crippen MR) is 61.1 cm³/mol. The molecule has 0 rings (SSSR count). The number of ether oxygens (including phenoxy) is 1. The van der Waals surface area contributed by atoms with E-state index in [1.54, 1.807) is 0 Å². The van der Waals surface area contributed by atoms with Crippen LogP contribution in [0.25, 0.3) is 0 Å². The molecule has 0 aliphatic heterocycles. The molecule has 0 aromatic carbocycles. The fraction of sp³-hybridized carbons (Fsp3) is 0.600. The van der Waals surface area contributed by atoms with Gasteiger partial charge in [0.1, 0.15) is 6.04 Å². The van der Waals surface area contributed by atoms with Crippen molar-refractivity contribution < 1.29 is 44.3 Å². The van der Waals surface area contributed by atoms with Crippen molar-refractivity contribution >= 4 is 23.9 Å². The van der Waals surface area contributed by atoms with Gasteiger partial charge in [-0.15, -0.1) is 0 Å². The van der Waals surface area contributed by atoms with Crippen molar-refractivity contribution in [3.8, 4) is 0 Å². The van der Waals surface area contributed by atoms with Gasteiger partial charge >= 0.3 is 23.9 Å². The third kappa shape index (κ3) is 5.20. The van der Waals surface area contributed by atoms with Crippen molar-refractivity contribution in [3.05, 3.63) is 0 Å². The molecule has 2 atom stereocenters. The normalized spacial score (nSPS) is 15.1. The van der Waals surface area contributed by atoms with Crippen molar-refractivity contribution in [3.63, 3.8) is 0 Å². The minimum atomic E-state index is -2.51. The van der Waals surface area contributed by atoms with Gasteiger partial charge in [0.15, 0.2) is 0 Å². The molecule has 0 aliphatic carbocycles. The van der Waals surface area contributed by atoms with Gasteiger partial charge in [-0.3, -0.25) is 19.7 Å². The van der Waals surface area contributed by atoms with Crippen LogP contribution in [0.2, 0.25) is 0 Å². The lowest BCUT2D eigenvalue weighted by Crippen LogP contribution is -2.61. The Bertz CT molecular complexity index is 408. The second-order valence-electron chi connectivity index (χ2n) is 3.77. The maximum absolute atomic E-state index is 11.2. The molecule has 0 aromatic heterocycles. The Morgan fingerprint density at radius 2 is 1.65 bits per heavy atom. The molecule has 114 valence electrons. The van der Waals surface area contributed by atoms with E-state index in [1.807, 2.05) is 5.32 Å². The average Bonchev–Trinajstić information content (AvgIpc) is 2.26. The molecular weight excluding hydrogens is 278 g/mol. The Hall–Kier alpha value is -2.20. The molecule has 0 spiro atoms. The number of carbonyl (C=O) groups is 4. The molecule has 0 aliphatic rings. The summed E-state index contributed by atoms with van der Waals surface area (Å²) in [6, 6.07) is -1.81. The summed E-state index contributed by atoms with van der Waals surface area (Å²) in [6.45, 7) is 1.17. The highest BCUT2D eigenvalue weighted by molar-refractivity contribution is 5.86. The minimum absolute atomic E-state index is 0.216. The maximum Gasteiger partial charge on any atom is 0.352 e. The third-order valence-corrected chi connectivity index (χ3v) is 2.22. The first-order valence-electron chi connectivity index (χ1n) is 5.46. The van der Waals surface area contributed by atoms with Crippen molar-refractivity contribution in [2.45, 2.75) is 31.5 Å². The first-order chi connectivity index (χ1) is 9.14. The first kappa shape index (κ1) is 17.8. The second-order valence-corrected chi connectivity index (χ2v) is 3.77. The summed E-state index contributed by atoms with van der Waals surface area (Å²) in [5.74, 6) is -6.43. The summed E-state index contributed by atoms with van der Waals surface area (Å²) in [4.78, 5) is 43.4. The lowest BCUT2D eigenvalue weighted by atomic mass is 10.1. The average molecular weight is 293 g/mol. The predicted octanol–water partition coefficient (Wildman–Crippen LogP) is -1.20.